The highest BCUT2D eigenvalue weighted by atomic mass is 16.5. The first-order valence-corrected chi connectivity index (χ1v) is 7.91. The largest absolute Gasteiger partial charge is 0.497 e. The van der Waals surface area contributed by atoms with Crippen LogP contribution in [0.3, 0.4) is 0 Å². The van der Waals surface area contributed by atoms with Crippen LogP contribution in [0.25, 0.3) is 0 Å². The summed E-state index contributed by atoms with van der Waals surface area (Å²) in [6.45, 7) is 1.96. The number of carbonyl (C=O) groups is 1. The molecule has 0 saturated carbocycles. The van der Waals surface area contributed by atoms with Crippen molar-refractivity contribution in [2.24, 2.45) is 5.10 Å². The lowest BCUT2D eigenvalue weighted by Gasteiger charge is -2.31. The third-order valence-electron chi connectivity index (χ3n) is 4.20. The van der Waals surface area contributed by atoms with Crippen molar-refractivity contribution in [2.45, 2.75) is 25.5 Å². The van der Waals surface area contributed by atoms with Gasteiger partial charge in [-0.15, -0.1) is 0 Å². The molecule has 0 aromatic heterocycles. The van der Waals surface area contributed by atoms with Crippen molar-refractivity contribution in [2.75, 3.05) is 7.11 Å². The molecule has 0 aliphatic carbocycles. The van der Waals surface area contributed by atoms with Gasteiger partial charge in [0.05, 0.1) is 7.11 Å². The minimum absolute atomic E-state index is 0.287. The van der Waals surface area contributed by atoms with Crippen LogP contribution in [0, 0.1) is 0 Å². The summed E-state index contributed by atoms with van der Waals surface area (Å²) in [6, 6.07) is 16.0. The number of hydrogen-bond donors (Lipinski definition) is 1. The van der Waals surface area contributed by atoms with Gasteiger partial charge in [0, 0.05) is 23.3 Å². The monoisotopic (exact) mass is 324 g/mol. The van der Waals surface area contributed by atoms with Crippen LogP contribution in [-0.2, 0) is 5.72 Å². The number of ether oxygens (including phenoxy) is 1. The maximum absolute atomic E-state index is 12.9. The summed E-state index contributed by atoms with van der Waals surface area (Å²) in [6.07, 6.45) is 0.958. The number of methoxy groups -OCH3 is 1. The van der Waals surface area contributed by atoms with E-state index in [1.165, 1.54) is 5.01 Å². The summed E-state index contributed by atoms with van der Waals surface area (Å²) in [5, 5.41) is 16.9. The molecule has 1 atom stereocenters. The van der Waals surface area contributed by atoms with Gasteiger partial charge in [0.1, 0.15) is 5.75 Å². The average Bonchev–Trinajstić information content (AvgIpc) is 3.00. The van der Waals surface area contributed by atoms with Crippen molar-refractivity contribution >= 4 is 11.6 Å². The van der Waals surface area contributed by atoms with Crippen LogP contribution in [0.4, 0.5) is 0 Å². The molecule has 5 nitrogen and oxygen atoms in total. The quantitative estimate of drug-likeness (QED) is 0.940. The average molecular weight is 324 g/mol. The van der Waals surface area contributed by atoms with E-state index < -0.39 is 5.72 Å². The van der Waals surface area contributed by atoms with E-state index in [9.17, 15) is 9.90 Å². The van der Waals surface area contributed by atoms with Crippen LogP contribution in [-0.4, -0.2) is 28.8 Å². The van der Waals surface area contributed by atoms with E-state index in [0.29, 0.717) is 23.3 Å². The fourth-order valence-electron chi connectivity index (χ4n) is 2.83. The minimum atomic E-state index is -1.51. The Morgan fingerprint density at radius 2 is 2.00 bits per heavy atom. The number of carbonyl (C=O) groups excluding carboxylic acids is 1. The van der Waals surface area contributed by atoms with Crippen molar-refractivity contribution < 1.29 is 14.6 Å². The van der Waals surface area contributed by atoms with Crippen molar-refractivity contribution in [1.29, 1.82) is 0 Å². The van der Waals surface area contributed by atoms with E-state index in [0.717, 1.165) is 5.71 Å². The molecule has 0 fully saturated rings. The van der Waals surface area contributed by atoms with Gasteiger partial charge in [0.15, 0.2) is 5.72 Å². The standard InChI is InChI=1S/C19H20N2O3/c1-3-16-13-19(23,15-10-7-11-17(12-15)24-2)21(20-16)18(22)14-8-5-4-6-9-14/h4-12,23H,3,13H2,1-2H3. The SMILES string of the molecule is CCC1=NN(C(=O)c2ccccc2)C(O)(c2cccc(OC)c2)C1. The third-order valence-corrected chi connectivity index (χ3v) is 4.20. The Morgan fingerprint density at radius 1 is 1.25 bits per heavy atom. The molecule has 0 radical (unpaired) electrons. The number of hydrogen-bond acceptors (Lipinski definition) is 4. The Kier molecular flexibility index (Phi) is 4.36. The lowest BCUT2D eigenvalue weighted by Crippen LogP contribution is -2.43. The van der Waals surface area contributed by atoms with E-state index in [-0.39, 0.29) is 12.3 Å². The number of nitrogens with zero attached hydrogens (tertiary/aromatic N) is 2. The van der Waals surface area contributed by atoms with Crippen molar-refractivity contribution in [3.8, 4) is 5.75 Å². The smallest absolute Gasteiger partial charge is 0.276 e. The predicted molar refractivity (Wildman–Crippen MR) is 91.8 cm³/mol. The first-order valence-electron chi connectivity index (χ1n) is 7.91. The molecule has 0 spiro atoms. The fraction of sp³-hybridized carbons (Fsp3) is 0.263. The molecule has 2 aromatic rings. The molecule has 124 valence electrons. The number of amides is 1. The molecule has 1 heterocycles. The van der Waals surface area contributed by atoms with Crippen molar-refractivity contribution in [3.05, 3.63) is 65.7 Å². The maximum atomic E-state index is 12.9. The first kappa shape index (κ1) is 16.2. The number of aliphatic hydroxyl groups is 1. The fourth-order valence-corrected chi connectivity index (χ4v) is 2.83. The molecule has 0 bridgehead atoms. The van der Waals surface area contributed by atoms with Gasteiger partial charge in [-0.2, -0.15) is 10.1 Å². The predicted octanol–water partition coefficient (Wildman–Crippen LogP) is 3.15. The van der Waals surface area contributed by atoms with Gasteiger partial charge in [0.25, 0.3) is 5.91 Å². The zero-order valence-corrected chi connectivity index (χ0v) is 13.8. The topological polar surface area (TPSA) is 62.1 Å². The number of rotatable bonds is 4. The highest BCUT2D eigenvalue weighted by molar-refractivity contribution is 5.98. The Hall–Kier alpha value is -2.66. The van der Waals surface area contributed by atoms with Crippen LogP contribution >= 0.6 is 0 Å². The molecule has 2 aromatic carbocycles. The van der Waals surface area contributed by atoms with Crippen LogP contribution < -0.4 is 4.74 Å². The second-order valence-corrected chi connectivity index (χ2v) is 5.73. The van der Waals surface area contributed by atoms with E-state index in [1.54, 1.807) is 55.6 Å². The highest BCUT2D eigenvalue weighted by Crippen LogP contribution is 2.38. The zero-order valence-electron chi connectivity index (χ0n) is 13.8. The molecule has 1 N–H and O–H groups in total. The molecule has 24 heavy (non-hydrogen) atoms. The molecule has 5 heteroatoms. The Bertz CT molecular complexity index is 773. The molecule has 0 saturated heterocycles. The van der Waals surface area contributed by atoms with Gasteiger partial charge < -0.3 is 9.84 Å². The van der Waals surface area contributed by atoms with Gasteiger partial charge >= 0.3 is 0 Å². The van der Waals surface area contributed by atoms with E-state index >= 15 is 0 Å². The molecular formula is C19H20N2O3. The molecule has 1 aliphatic rings. The molecule has 1 amide bonds. The van der Waals surface area contributed by atoms with E-state index in [4.69, 9.17) is 4.74 Å². The second kappa shape index (κ2) is 6.45. The van der Waals surface area contributed by atoms with Gasteiger partial charge in [-0.05, 0) is 30.7 Å². The summed E-state index contributed by atoms with van der Waals surface area (Å²) < 4.78 is 5.24. The van der Waals surface area contributed by atoms with Crippen LogP contribution in [0.5, 0.6) is 5.75 Å². The van der Waals surface area contributed by atoms with Gasteiger partial charge in [0.2, 0.25) is 0 Å². The second-order valence-electron chi connectivity index (χ2n) is 5.73. The van der Waals surface area contributed by atoms with E-state index in [1.807, 2.05) is 13.0 Å². The third kappa shape index (κ3) is 2.78. The van der Waals surface area contributed by atoms with Gasteiger partial charge in [-0.1, -0.05) is 37.3 Å². The molecule has 3 rings (SSSR count). The molecule has 1 aliphatic heterocycles. The summed E-state index contributed by atoms with van der Waals surface area (Å²) in [7, 11) is 1.57. The maximum Gasteiger partial charge on any atom is 0.276 e. The van der Waals surface area contributed by atoms with Crippen LogP contribution in [0.1, 0.15) is 35.7 Å². The lowest BCUT2D eigenvalue weighted by molar-refractivity contribution is -0.0766. The summed E-state index contributed by atoms with van der Waals surface area (Å²) in [4.78, 5) is 12.9. The van der Waals surface area contributed by atoms with Crippen molar-refractivity contribution in [1.82, 2.24) is 5.01 Å². The van der Waals surface area contributed by atoms with E-state index in [2.05, 4.69) is 5.10 Å². The summed E-state index contributed by atoms with van der Waals surface area (Å²) in [5.41, 5.74) is 0.343. The summed E-state index contributed by atoms with van der Waals surface area (Å²) >= 11 is 0. The number of hydrazone groups is 1. The van der Waals surface area contributed by atoms with Gasteiger partial charge in [-0.3, -0.25) is 4.79 Å². The Balaban J connectivity index is 2.03. The molecular weight excluding hydrogens is 304 g/mol. The van der Waals surface area contributed by atoms with Crippen LogP contribution in [0.15, 0.2) is 59.7 Å². The van der Waals surface area contributed by atoms with Crippen LogP contribution in [0.2, 0.25) is 0 Å². The molecule has 1 unspecified atom stereocenters. The van der Waals surface area contributed by atoms with Gasteiger partial charge in [-0.25, -0.2) is 0 Å². The highest BCUT2D eigenvalue weighted by Gasteiger charge is 2.45. The minimum Gasteiger partial charge on any atom is -0.497 e. The van der Waals surface area contributed by atoms with Crippen molar-refractivity contribution in [3.63, 3.8) is 0 Å². The lowest BCUT2D eigenvalue weighted by atomic mass is 9.96. The Labute approximate surface area is 141 Å². The summed E-state index contributed by atoms with van der Waals surface area (Å²) in [5.74, 6) is 0.294. The normalized spacial score (nSPS) is 20.0. The first-order chi connectivity index (χ1) is 11.6. The Morgan fingerprint density at radius 3 is 2.67 bits per heavy atom. The number of benzene rings is 2. The zero-order chi connectivity index (χ0) is 17.2.